The largest absolute Gasteiger partial charge is 0.365 e. The Kier molecular flexibility index (Phi) is 2.59. The predicted molar refractivity (Wildman–Crippen MR) is 62.2 cm³/mol. The Balaban J connectivity index is 2.08. The van der Waals surface area contributed by atoms with E-state index >= 15 is 0 Å². The van der Waals surface area contributed by atoms with Gasteiger partial charge in [-0.05, 0) is 13.3 Å². The lowest BCUT2D eigenvalue weighted by Gasteiger charge is -2.49. The molecule has 0 spiro atoms. The molecule has 1 saturated carbocycles. The zero-order valence-corrected chi connectivity index (χ0v) is 10.0. The standard InChI is InChI=1S/C11H16ClN3/c1-7-10(14-5-4-13-7)15-9-6-8(12)11(9,2)3/h4-5,8-9H,6H2,1-3H3,(H,14,15). The minimum absolute atomic E-state index is 0.130. The average molecular weight is 226 g/mol. The summed E-state index contributed by atoms with van der Waals surface area (Å²) in [4.78, 5) is 8.47. The van der Waals surface area contributed by atoms with Crippen molar-refractivity contribution in [2.24, 2.45) is 5.41 Å². The van der Waals surface area contributed by atoms with E-state index in [4.69, 9.17) is 11.6 Å². The molecule has 1 aromatic heterocycles. The second kappa shape index (κ2) is 3.63. The highest BCUT2D eigenvalue weighted by atomic mass is 35.5. The average Bonchev–Trinajstić information content (AvgIpc) is 2.20. The number of nitrogens with one attached hydrogen (secondary N) is 1. The number of nitrogens with zero attached hydrogens (tertiary/aromatic N) is 2. The lowest BCUT2D eigenvalue weighted by atomic mass is 9.67. The van der Waals surface area contributed by atoms with Crippen molar-refractivity contribution in [2.75, 3.05) is 5.32 Å². The molecule has 0 radical (unpaired) electrons. The summed E-state index contributed by atoms with van der Waals surface area (Å²) in [6.45, 7) is 6.31. The Morgan fingerprint density at radius 3 is 2.60 bits per heavy atom. The van der Waals surface area contributed by atoms with Gasteiger partial charge in [-0.3, -0.25) is 4.98 Å². The minimum Gasteiger partial charge on any atom is -0.365 e. The van der Waals surface area contributed by atoms with E-state index in [9.17, 15) is 0 Å². The molecule has 82 valence electrons. The smallest absolute Gasteiger partial charge is 0.147 e. The van der Waals surface area contributed by atoms with Gasteiger partial charge >= 0.3 is 0 Å². The monoisotopic (exact) mass is 225 g/mol. The number of rotatable bonds is 2. The van der Waals surface area contributed by atoms with Crippen LogP contribution in [0.2, 0.25) is 0 Å². The maximum absolute atomic E-state index is 6.17. The van der Waals surface area contributed by atoms with Gasteiger partial charge in [0.05, 0.1) is 5.69 Å². The zero-order chi connectivity index (χ0) is 11.1. The van der Waals surface area contributed by atoms with Crippen molar-refractivity contribution in [3.63, 3.8) is 0 Å². The Morgan fingerprint density at radius 1 is 1.40 bits per heavy atom. The van der Waals surface area contributed by atoms with Crippen LogP contribution in [0.25, 0.3) is 0 Å². The number of halogens is 1. The quantitative estimate of drug-likeness (QED) is 0.787. The van der Waals surface area contributed by atoms with Crippen LogP contribution in [0.1, 0.15) is 26.0 Å². The van der Waals surface area contributed by atoms with Gasteiger partial charge in [-0.1, -0.05) is 13.8 Å². The lowest BCUT2D eigenvalue weighted by molar-refractivity contribution is 0.168. The highest BCUT2D eigenvalue weighted by Crippen LogP contribution is 2.45. The Bertz CT molecular complexity index is 365. The molecule has 1 aliphatic rings. The third kappa shape index (κ3) is 1.81. The van der Waals surface area contributed by atoms with E-state index in [0.29, 0.717) is 6.04 Å². The van der Waals surface area contributed by atoms with Gasteiger partial charge in [0.1, 0.15) is 5.82 Å². The van der Waals surface area contributed by atoms with Gasteiger partial charge < -0.3 is 5.32 Å². The van der Waals surface area contributed by atoms with Gasteiger partial charge in [0.25, 0.3) is 0 Å². The first-order valence-electron chi connectivity index (χ1n) is 5.20. The van der Waals surface area contributed by atoms with Crippen molar-refractivity contribution < 1.29 is 0 Å². The molecule has 15 heavy (non-hydrogen) atoms. The van der Waals surface area contributed by atoms with E-state index in [1.54, 1.807) is 12.4 Å². The summed E-state index contributed by atoms with van der Waals surface area (Å²) in [6.07, 6.45) is 4.40. The van der Waals surface area contributed by atoms with Crippen LogP contribution in [0.3, 0.4) is 0 Å². The van der Waals surface area contributed by atoms with E-state index in [2.05, 4.69) is 29.1 Å². The number of hydrogen-bond donors (Lipinski definition) is 1. The normalized spacial score (nSPS) is 28.3. The molecule has 1 aromatic rings. The second-order valence-corrected chi connectivity index (χ2v) is 5.24. The Hall–Kier alpha value is -0.830. The van der Waals surface area contributed by atoms with E-state index < -0.39 is 0 Å². The summed E-state index contributed by atoms with van der Waals surface area (Å²) < 4.78 is 0. The minimum atomic E-state index is 0.130. The van der Waals surface area contributed by atoms with Crippen molar-refractivity contribution in [1.82, 2.24) is 9.97 Å². The fraction of sp³-hybridized carbons (Fsp3) is 0.636. The molecular weight excluding hydrogens is 210 g/mol. The van der Waals surface area contributed by atoms with Crippen LogP contribution in [0.15, 0.2) is 12.4 Å². The van der Waals surface area contributed by atoms with Gasteiger partial charge in [0, 0.05) is 29.2 Å². The van der Waals surface area contributed by atoms with Gasteiger partial charge in [-0.25, -0.2) is 4.98 Å². The third-order valence-electron chi connectivity index (χ3n) is 3.34. The van der Waals surface area contributed by atoms with Crippen LogP contribution in [-0.2, 0) is 0 Å². The molecule has 0 aromatic carbocycles. The van der Waals surface area contributed by atoms with Crippen LogP contribution < -0.4 is 5.32 Å². The highest BCUT2D eigenvalue weighted by molar-refractivity contribution is 6.21. The van der Waals surface area contributed by atoms with Crippen LogP contribution in [0, 0.1) is 12.3 Å². The molecule has 2 atom stereocenters. The van der Waals surface area contributed by atoms with Gasteiger partial charge in [0.2, 0.25) is 0 Å². The fourth-order valence-corrected chi connectivity index (χ4v) is 2.16. The molecule has 0 aliphatic heterocycles. The van der Waals surface area contributed by atoms with Crippen molar-refractivity contribution >= 4 is 17.4 Å². The summed E-state index contributed by atoms with van der Waals surface area (Å²) in [7, 11) is 0. The summed E-state index contributed by atoms with van der Waals surface area (Å²) in [5.41, 5.74) is 1.07. The number of aromatic nitrogens is 2. The summed E-state index contributed by atoms with van der Waals surface area (Å²) in [5.74, 6) is 0.874. The maximum Gasteiger partial charge on any atom is 0.147 e. The molecule has 2 unspecified atom stereocenters. The van der Waals surface area contributed by atoms with Gasteiger partial charge in [-0.15, -0.1) is 11.6 Å². The number of alkyl halides is 1. The van der Waals surface area contributed by atoms with E-state index in [0.717, 1.165) is 17.9 Å². The molecule has 4 heteroatoms. The van der Waals surface area contributed by atoms with Crippen molar-refractivity contribution in [2.45, 2.75) is 38.6 Å². The van der Waals surface area contributed by atoms with Crippen molar-refractivity contribution in [3.05, 3.63) is 18.1 Å². The molecule has 3 nitrogen and oxygen atoms in total. The van der Waals surface area contributed by atoms with Gasteiger partial charge in [0.15, 0.2) is 0 Å². The van der Waals surface area contributed by atoms with Crippen LogP contribution >= 0.6 is 11.6 Å². The first-order chi connectivity index (χ1) is 7.01. The van der Waals surface area contributed by atoms with Gasteiger partial charge in [-0.2, -0.15) is 0 Å². The van der Waals surface area contributed by atoms with Crippen LogP contribution in [0.4, 0.5) is 5.82 Å². The third-order valence-corrected chi connectivity index (χ3v) is 4.08. The predicted octanol–water partition coefficient (Wildman–Crippen LogP) is 2.60. The fourth-order valence-electron chi connectivity index (χ4n) is 1.83. The van der Waals surface area contributed by atoms with Crippen molar-refractivity contribution in [3.8, 4) is 0 Å². The molecule has 0 amide bonds. The van der Waals surface area contributed by atoms with E-state index in [1.807, 2.05) is 6.92 Å². The van der Waals surface area contributed by atoms with Crippen LogP contribution in [-0.4, -0.2) is 21.4 Å². The van der Waals surface area contributed by atoms with E-state index in [1.165, 1.54) is 0 Å². The molecule has 1 fully saturated rings. The molecule has 2 rings (SSSR count). The lowest BCUT2D eigenvalue weighted by Crippen LogP contribution is -2.54. The molecule has 1 aliphatic carbocycles. The number of aryl methyl sites for hydroxylation is 1. The topological polar surface area (TPSA) is 37.8 Å². The highest BCUT2D eigenvalue weighted by Gasteiger charge is 2.47. The molecule has 0 bridgehead atoms. The van der Waals surface area contributed by atoms with E-state index in [-0.39, 0.29) is 10.8 Å². The number of hydrogen-bond acceptors (Lipinski definition) is 3. The molecule has 1 heterocycles. The maximum atomic E-state index is 6.17. The zero-order valence-electron chi connectivity index (χ0n) is 9.29. The summed E-state index contributed by atoms with van der Waals surface area (Å²) >= 11 is 6.17. The first-order valence-corrected chi connectivity index (χ1v) is 5.63. The Labute approximate surface area is 95.3 Å². The molecule has 0 saturated heterocycles. The SMILES string of the molecule is Cc1nccnc1NC1CC(Cl)C1(C)C. The summed E-state index contributed by atoms with van der Waals surface area (Å²) in [5, 5.41) is 3.67. The number of anilines is 1. The summed E-state index contributed by atoms with van der Waals surface area (Å²) in [6, 6.07) is 0.399. The van der Waals surface area contributed by atoms with Crippen LogP contribution in [0.5, 0.6) is 0 Å². The first kappa shape index (κ1) is 10.7. The molecular formula is C11H16ClN3. The second-order valence-electron chi connectivity index (χ2n) is 4.71. The Morgan fingerprint density at radius 2 is 2.07 bits per heavy atom. The molecule has 1 N–H and O–H groups in total. The van der Waals surface area contributed by atoms with Crippen molar-refractivity contribution in [1.29, 1.82) is 0 Å².